The molecule has 1 aliphatic heterocycles. The van der Waals surface area contributed by atoms with Crippen molar-refractivity contribution in [3.63, 3.8) is 0 Å². The van der Waals surface area contributed by atoms with Gasteiger partial charge in [-0.25, -0.2) is 14.8 Å². The first-order valence-electron chi connectivity index (χ1n) is 9.30. The standard InChI is InChI=1S/C20H23ClN6O/c1-13-6-7-16-17(11-13)25(3)19(23-16)24-20(28)27-10-9-26(12-14(27)2)18-15(21)5-4-8-22-18/h4-8,11,14H,9-10,12H2,1-3H3,(H,23,24,28)/t14-/m1/s1. The Hall–Kier alpha value is -2.80. The van der Waals surface area contributed by atoms with Crippen molar-refractivity contribution in [3.05, 3.63) is 47.1 Å². The number of imidazole rings is 1. The smallest absolute Gasteiger partial charge is 0.324 e. The van der Waals surface area contributed by atoms with Crippen molar-refractivity contribution in [2.75, 3.05) is 29.9 Å². The minimum absolute atomic E-state index is 0.0174. The maximum atomic E-state index is 12.9. The third kappa shape index (κ3) is 3.38. The number of anilines is 2. The van der Waals surface area contributed by atoms with Crippen LogP contribution in [0.25, 0.3) is 11.0 Å². The predicted octanol–water partition coefficient (Wildman–Crippen LogP) is 3.67. The summed E-state index contributed by atoms with van der Waals surface area (Å²) in [4.78, 5) is 25.8. The molecule has 0 aliphatic carbocycles. The fraction of sp³-hybridized carbons (Fsp3) is 0.350. The van der Waals surface area contributed by atoms with E-state index in [0.717, 1.165) is 22.4 Å². The van der Waals surface area contributed by atoms with Gasteiger partial charge in [-0.05, 0) is 43.7 Å². The van der Waals surface area contributed by atoms with Crippen molar-refractivity contribution < 1.29 is 4.79 Å². The van der Waals surface area contributed by atoms with Crippen molar-refractivity contribution in [3.8, 4) is 0 Å². The molecule has 28 heavy (non-hydrogen) atoms. The highest BCUT2D eigenvalue weighted by atomic mass is 35.5. The Morgan fingerprint density at radius 1 is 1.29 bits per heavy atom. The molecule has 2 aromatic heterocycles. The molecule has 1 saturated heterocycles. The molecule has 0 spiro atoms. The third-order valence-corrected chi connectivity index (χ3v) is 5.48. The van der Waals surface area contributed by atoms with Gasteiger partial charge < -0.3 is 14.4 Å². The average molecular weight is 399 g/mol. The molecule has 0 bridgehead atoms. The van der Waals surface area contributed by atoms with Crippen molar-refractivity contribution in [1.82, 2.24) is 19.4 Å². The van der Waals surface area contributed by atoms with Gasteiger partial charge in [0.1, 0.15) is 5.82 Å². The van der Waals surface area contributed by atoms with E-state index in [2.05, 4.69) is 26.3 Å². The van der Waals surface area contributed by atoms with Crippen molar-refractivity contribution >= 4 is 40.4 Å². The minimum atomic E-state index is -0.144. The Morgan fingerprint density at radius 2 is 2.11 bits per heavy atom. The second kappa shape index (κ2) is 7.31. The topological polar surface area (TPSA) is 66.3 Å². The van der Waals surface area contributed by atoms with Crippen LogP contribution in [0.15, 0.2) is 36.5 Å². The fourth-order valence-corrected chi connectivity index (χ4v) is 3.88. The van der Waals surface area contributed by atoms with E-state index in [-0.39, 0.29) is 12.1 Å². The third-order valence-electron chi connectivity index (χ3n) is 5.18. The van der Waals surface area contributed by atoms with Crippen LogP contribution in [0.4, 0.5) is 16.6 Å². The number of carbonyl (C=O) groups excluding carboxylic acids is 1. The van der Waals surface area contributed by atoms with E-state index in [0.29, 0.717) is 30.6 Å². The Morgan fingerprint density at radius 3 is 2.86 bits per heavy atom. The van der Waals surface area contributed by atoms with Gasteiger partial charge in [-0.1, -0.05) is 17.7 Å². The molecule has 1 atom stereocenters. The molecule has 8 heteroatoms. The van der Waals surface area contributed by atoms with Gasteiger partial charge in [0.05, 0.1) is 16.1 Å². The summed E-state index contributed by atoms with van der Waals surface area (Å²) in [6.07, 6.45) is 1.73. The van der Waals surface area contributed by atoms with E-state index < -0.39 is 0 Å². The zero-order valence-corrected chi connectivity index (χ0v) is 16.9. The Kier molecular flexibility index (Phi) is 4.85. The predicted molar refractivity (Wildman–Crippen MR) is 112 cm³/mol. The first-order valence-corrected chi connectivity index (χ1v) is 9.68. The largest absolute Gasteiger partial charge is 0.352 e. The van der Waals surface area contributed by atoms with Gasteiger partial charge in [-0.15, -0.1) is 0 Å². The maximum absolute atomic E-state index is 12.9. The fourth-order valence-electron chi connectivity index (χ4n) is 3.64. The molecular formula is C20H23ClN6O. The number of nitrogens with one attached hydrogen (secondary N) is 1. The highest BCUT2D eigenvalue weighted by molar-refractivity contribution is 6.32. The number of aromatic nitrogens is 3. The molecule has 1 N–H and O–H groups in total. The number of rotatable bonds is 2. The van der Waals surface area contributed by atoms with Crippen molar-refractivity contribution in [2.45, 2.75) is 19.9 Å². The van der Waals surface area contributed by atoms with E-state index in [9.17, 15) is 4.79 Å². The van der Waals surface area contributed by atoms with E-state index in [1.807, 2.05) is 54.6 Å². The second-order valence-corrected chi connectivity index (χ2v) is 7.62. The molecular weight excluding hydrogens is 376 g/mol. The van der Waals surface area contributed by atoms with Crippen molar-refractivity contribution in [1.29, 1.82) is 0 Å². The van der Waals surface area contributed by atoms with Crippen LogP contribution in [0.3, 0.4) is 0 Å². The molecule has 4 rings (SSSR count). The van der Waals surface area contributed by atoms with Gasteiger partial charge in [0, 0.05) is 38.9 Å². The molecule has 0 saturated carbocycles. The number of amides is 2. The number of pyridine rings is 1. The van der Waals surface area contributed by atoms with Crippen LogP contribution in [-0.2, 0) is 7.05 Å². The molecule has 1 aliphatic rings. The van der Waals surface area contributed by atoms with E-state index in [1.165, 1.54) is 0 Å². The molecule has 146 valence electrons. The maximum Gasteiger partial charge on any atom is 0.324 e. The summed E-state index contributed by atoms with van der Waals surface area (Å²) in [5.41, 5.74) is 3.02. The van der Waals surface area contributed by atoms with E-state index in [4.69, 9.17) is 11.6 Å². The molecule has 7 nitrogen and oxygen atoms in total. The molecule has 0 unspecified atom stereocenters. The number of hydrogen-bond acceptors (Lipinski definition) is 4. The molecule has 1 aromatic carbocycles. The lowest BCUT2D eigenvalue weighted by atomic mass is 10.2. The summed E-state index contributed by atoms with van der Waals surface area (Å²) < 4.78 is 1.91. The van der Waals surface area contributed by atoms with Crippen LogP contribution in [-0.4, -0.2) is 51.1 Å². The summed E-state index contributed by atoms with van der Waals surface area (Å²) in [6, 6.07) is 9.58. The molecule has 3 aromatic rings. The number of carbonyl (C=O) groups is 1. The first-order chi connectivity index (χ1) is 13.4. The van der Waals surface area contributed by atoms with Crippen molar-refractivity contribution in [2.24, 2.45) is 7.05 Å². The SMILES string of the molecule is Cc1ccc2nc(NC(=O)N3CCN(c4ncccc4Cl)C[C@H]3C)n(C)c2c1. The van der Waals surface area contributed by atoms with Gasteiger partial charge in [0.2, 0.25) is 5.95 Å². The molecule has 2 amide bonds. The minimum Gasteiger partial charge on any atom is -0.352 e. The number of urea groups is 1. The van der Waals surface area contributed by atoms with Crippen LogP contribution >= 0.6 is 11.6 Å². The van der Waals surface area contributed by atoms with Crippen LogP contribution in [0.2, 0.25) is 5.02 Å². The van der Waals surface area contributed by atoms with Gasteiger partial charge in [0.25, 0.3) is 0 Å². The van der Waals surface area contributed by atoms with Crippen LogP contribution in [0.1, 0.15) is 12.5 Å². The summed E-state index contributed by atoms with van der Waals surface area (Å²) in [5, 5.41) is 3.59. The first kappa shape index (κ1) is 18.6. The Balaban J connectivity index is 1.48. The normalized spacial score (nSPS) is 17.2. The highest BCUT2D eigenvalue weighted by Crippen LogP contribution is 2.25. The Bertz CT molecular complexity index is 1030. The van der Waals surface area contributed by atoms with Crippen LogP contribution < -0.4 is 10.2 Å². The lowest BCUT2D eigenvalue weighted by molar-refractivity contribution is 0.184. The quantitative estimate of drug-likeness (QED) is 0.715. The van der Waals surface area contributed by atoms with Gasteiger partial charge >= 0.3 is 6.03 Å². The zero-order chi connectivity index (χ0) is 19.8. The summed E-state index contributed by atoms with van der Waals surface area (Å²) in [6.45, 7) is 6.01. The van der Waals surface area contributed by atoms with E-state index in [1.54, 1.807) is 6.20 Å². The second-order valence-electron chi connectivity index (χ2n) is 7.21. The van der Waals surface area contributed by atoms with Crippen LogP contribution in [0, 0.1) is 6.92 Å². The zero-order valence-electron chi connectivity index (χ0n) is 16.2. The number of fused-ring (bicyclic) bond motifs is 1. The number of benzene rings is 1. The highest BCUT2D eigenvalue weighted by Gasteiger charge is 2.29. The number of nitrogens with zero attached hydrogens (tertiary/aromatic N) is 5. The summed E-state index contributed by atoms with van der Waals surface area (Å²) in [5.74, 6) is 1.31. The van der Waals surface area contributed by atoms with Crippen LogP contribution in [0.5, 0.6) is 0 Å². The number of piperazine rings is 1. The summed E-state index contributed by atoms with van der Waals surface area (Å²) >= 11 is 6.27. The molecule has 3 heterocycles. The van der Waals surface area contributed by atoms with Gasteiger partial charge in [-0.3, -0.25) is 5.32 Å². The lowest BCUT2D eigenvalue weighted by Crippen LogP contribution is -2.55. The summed E-state index contributed by atoms with van der Waals surface area (Å²) in [7, 11) is 1.91. The molecule has 1 fully saturated rings. The number of halogens is 1. The number of aryl methyl sites for hydroxylation is 2. The number of hydrogen-bond donors (Lipinski definition) is 1. The van der Waals surface area contributed by atoms with Gasteiger partial charge in [0.15, 0.2) is 0 Å². The molecule has 0 radical (unpaired) electrons. The van der Waals surface area contributed by atoms with E-state index >= 15 is 0 Å². The van der Waals surface area contributed by atoms with Gasteiger partial charge in [-0.2, -0.15) is 0 Å². The average Bonchev–Trinajstić information content (AvgIpc) is 2.97. The lowest BCUT2D eigenvalue weighted by Gasteiger charge is -2.40. The monoisotopic (exact) mass is 398 g/mol. The Labute approximate surface area is 168 Å².